The second kappa shape index (κ2) is 9.14. The van der Waals surface area contributed by atoms with Crippen LogP contribution in [0.2, 0.25) is 0 Å². The Labute approximate surface area is 123 Å². The molecule has 0 bridgehead atoms. The molecule has 0 saturated carbocycles. The summed E-state index contributed by atoms with van der Waals surface area (Å²) in [7, 11) is 0. The minimum atomic E-state index is 0.741. The third-order valence-corrected chi connectivity index (χ3v) is 4.20. The van der Waals surface area contributed by atoms with Crippen molar-refractivity contribution in [2.24, 2.45) is 0 Å². The number of nitrogens with one attached hydrogen (secondary N) is 1. The Kier molecular flexibility index (Phi) is 7.09. The molecule has 2 rings (SSSR count). The van der Waals surface area contributed by atoms with Gasteiger partial charge in [-0.05, 0) is 64.7 Å². The molecule has 0 amide bonds. The van der Waals surface area contributed by atoms with Gasteiger partial charge in [0.05, 0.1) is 6.33 Å². The van der Waals surface area contributed by atoms with E-state index in [1.807, 2.05) is 18.7 Å². The lowest BCUT2D eigenvalue weighted by Gasteiger charge is -2.19. The molecule has 1 N–H and O–H groups in total. The van der Waals surface area contributed by atoms with Gasteiger partial charge in [0.1, 0.15) is 0 Å². The summed E-state index contributed by atoms with van der Waals surface area (Å²) in [6, 6.07) is 0.741. The Balaban J connectivity index is 1.53. The highest BCUT2D eigenvalue weighted by molar-refractivity contribution is 4.75. The maximum Gasteiger partial charge on any atom is 0.0945 e. The quantitative estimate of drug-likeness (QED) is 0.742. The topological polar surface area (TPSA) is 33.1 Å². The van der Waals surface area contributed by atoms with Crippen molar-refractivity contribution in [1.29, 1.82) is 0 Å². The van der Waals surface area contributed by atoms with Crippen LogP contribution in [-0.4, -0.2) is 46.7 Å². The molecule has 1 saturated heterocycles. The first-order valence-electron chi connectivity index (χ1n) is 8.30. The second-order valence-corrected chi connectivity index (χ2v) is 5.93. The second-order valence-electron chi connectivity index (χ2n) is 5.93. The predicted octanol–water partition coefficient (Wildman–Crippen LogP) is 2.52. The van der Waals surface area contributed by atoms with Gasteiger partial charge in [0.25, 0.3) is 0 Å². The van der Waals surface area contributed by atoms with Gasteiger partial charge in [0, 0.05) is 25.0 Å². The van der Waals surface area contributed by atoms with Crippen molar-refractivity contribution >= 4 is 0 Å². The molecular weight excluding hydrogens is 248 g/mol. The van der Waals surface area contributed by atoms with Gasteiger partial charge in [-0.15, -0.1) is 0 Å². The fourth-order valence-electron chi connectivity index (χ4n) is 3.04. The molecule has 114 valence electrons. The molecule has 1 unspecified atom stereocenters. The number of nitrogens with zero attached hydrogens (tertiary/aromatic N) is 3. The van der Waals surface area contributed by atoms with Gasteiger partial charge < -0.3 is 14.8 Å². The first-order valence-corrected chi connectivity index (χ1v) is 8.30. The van der Waals surface area contributed by atoms with Crippen molar-refractivity contribution in [2.45, 2.75) is 58.0 Å². The van der Waals surface area contributed by atoms with E-state index in [0.717, 1.165) is 19.1 Å². The largest absolute Gasteiger partial charge is 0.337 e. The number of aryl methyl sites for hydroxylation is 1. The molecule has 1 atom stereocenters. The molecule has 4 heteroatoms. The fourth-order valence-corrected chi connectivity index (χ4v) is 3.04. The minimum Gasteiger partial charge on any atom is -0.337 e. The van der Waals surface area contributed by atoms with E-state index in [0.29, 0.717) is 0 Å². The Morgan fingerprint density at radius 3 is 2.95 bits per heavy atom. The van der Waals surface area contributed by atoms with E-state index in [1.165, 1.54) is 58.2 Å². The first kappa shape index (κ1) is 15.5. The van der Waals surface area contributed by atoms with Gasteiger partial charge in [-0.3, -0.25) is 0 Å². The molecule has 1 aromatic heterocycles. The summed E-state index contributed by atoms with van der Waals surface area (Å²) in [6.45, 7) is 8.38. The monoisotopic (exact) mass is 278 g/mol. The Bertz CT molecular complexity index is 336. The fraction of sp³-hybridized carbons (Fsp3) is 0.812. The Morgan fingerprint density at radius 1 is 1.20 bits per heavy atom. The maximum absolute atomic E-state index is 4.07. The highest BCUT2D eigenvalue weighted by Crippen LogP contribution is 2.11. The third kappa shape index (κ3) is 5.63. The molecule has 1 aliphatic rings. The van der Waals surface area contributed by atoms with Crippen LogP contribution in [0.5, 0.6) is 0 Å². The summed E-state index contributed by atoms with van der Waals surface area (Å²) >= 11 is 0. The van der Waals surface area contributed by atoms with E-state index in [1.54, 1.807) is 0 Å². The highest BCUT2D eigenvalue weighted by Gasteiger charge is 2.15. The number of hydrogen-bond acceptors (Lipinski definition) is 3. The number of hydrogen-bond donors (Lipinski definition) is 1. The molecule has 0 aliphatic carbocycles. The molecule has 0 aromatic carbocycles. The summed E-state index contributed by atoms with van der Waals surface area (Å²) in [5, 5.41) is 3.75. The van der Waals surface area contributed by atoms with E-state index in [4.69, 9.17) is 0 Å². The maximum atomic E-state index is 4.07. The average molecular weight is 278 g/mol. The van der Waals surface area contributed by atoms with Gasteiger partial charge in [0.15, 0.2) is 0 Å². The number of rotatable bonds is 8. The van der Waals surface area contributed by atoms with Crippen molar-refractivity contribution in [3.63, 3.8) is 0 Å². The van der Waals surface area contributed by atoms with E-state index in [9.17, 15) is 0 Å². The summed E-state index contributed by atoms with van der Waals surface area (Å²) in [6.07, 6.45) is 13.6. The molecule has 0 radical (unpaired) electrons. The van der Waals surface area contributed by atoms with Gasteiger partial charge in [-0.2, -0.15) is 0 Å². The van der Waals surface area contributed by atoms with Gasteiger partial charge in [-0.25, -0.2) is 4.98 Å². The number of likely N-dealkylation sites (tertiary alicyclic amines) is 1. The predicted molar refractivity (Wildman–Crippen MR) is 83.8 cm³/mol. The van der Waals surface area contributed by atoms with Gasteiger partial charge in [0.2, 0.25) is 0 Å². The smallest absolute Gasteiger partial charge is 0.0945 e. The first-order chi connectivity index (χ1) is 9.88. The van der Waals surface area contributed by atoms with Crippen molar-refractivity contribution in [2.75, 3.05) is 26.2 Å². The van der Waals surface area contributed by atoms with Crippen LogP contribution in [0.3, 0.4) is 0 Å². The standard InChI is InChI=1S/C16H30N4/c1-2-10-19-12-5-6-16(7-13-19)18-8-3-4-11-20-14-9-17-15-20/h9,14-16,18H,2-8,10-13H2,1H3. The number of unbranched alkanes of at least 4 members (excludes halogenated alkanes) is 1. The van der Waals surface area contributed by atoms with Crippen molar-refractivity contribution in [1.82, 2.24) is 19.8 Å². The molecule has 4 nitrogen and oxygen atoms in total. The SMILES string of the molecule is CCCN1CCCC(NCCCCn2ccnc2)CC1. The molecule has 1 aliphatic heterocycles. The van der Waals surface area contributed by atoms with Crippen LogP contribution in [0.25, 0.3) is 0 Å². The van der Waals surface area contributed by atoms with Crippen LogP contribution in [0.4, 0.5) is 0 Å². The Morgan fingerprint density at radius 2 is 2.15 bits per heavy atom. The number of imidazole rings is 1. The molecule has 2 heterocycles. The number of aromatic nitrogens is 2. The average Bonchev–Trinajstić information content (AvgIpc) is 2.87. The van der Waals surface area contributed by atoms with E-state index >= 15 is 0 Å². The van der Waals surface area contributed by atoms with Crippen LogP contribution < -0.4 is 5.32 Å². The minimum absolute atomic E-state index is 0.741. The van der Waals surface area contributed by atoms with Gasteiger partial charge >= 0.3 is 0 Å². The summed E-state index contributed by atoms with van der Waals surface area (Å²) in [5.74, 6) is 0. The normalized spacial score (nSPS) is 20.9. The van der Waals surface area contributed by atoms with Crippen LogP contribution >= 0.6 is 0 Å². The molecular formula is C16H30N4. The van der Waals surface area contributed by atoms with E-state index in [-0.39, 0.29) is 0 Å². The highest BCUT2D eigenvalue weighted by atomic mass is 15.1. The van der Waals surface area contributed by atoms with Crippen LogP contribution in [0.1, 0.15) is 45.4 Å². The van der Waals surface area contributed by atoms with Crippen LogP contribution in [0, 0.1) is 0 Å². The summed E-state index contributed by atoms with van der Waals surface area (Å²) in [4.78, 5) is 6.70. The molecule has 20 heavy (non-hydrogen) atoms. The Hall–Kier alpha value is -0.870. The van der Waals surface area contributed by atoms with E-state index in [2.05, 4.69) is 26.7 Å². The molecule has 1 aromatic rings. The van der Waals surface area contributed by atoms with Crippen LogP contribution in [0.15, 0.2) is 18.7 Å². The summed E-state index contributed by atoms with van der Waals surface area (Å²) < 4.78 is 2.16. The van der Waals surface area contributed by atoms with Crippen molar-refractivity contribution in [3.05, 3.63) is 18.7 Å². The van der Waals surface area contributed by atoms with Gasteiger partial charge in [-0.1, -0.05) is 6.92 Å². The van der Waals surface area contributed by atoms with Crippen LogP contribution in [-0.2, 0) is 6.54 Å². The summed E-state index contributed by atoms with van der Waals surface area (Å²) in [5.41, 5.74) is 0. The van der Waals surface area contributed by atoms with Crippen molar-refractivity contribution in [3.8, 4) is 0 Å². The van der Waals surface area contributed by atoms with E-state index < -0.39 is 0 Å². The molecule has 1 fully saturated rings. The lowest BCUT2D eigenvalue weighted by Crippen LogP contribution is -2.32. The molecule has 0 spiro atoms. The zero-order chi connectivity index (χ0) is 14.0. The zero-order valence-corrected chi connectivity index (χ0v) is 12.9. The zero-order valence-electron chi connectivity index (χ0n) is 12.9. The van der Waals surface area contributed by atoms with Crippen molar-refractivity contribution < 1.29 is 0 Å². The third-order valence-electron chi connectivity index (χ3n) is 4.20. The lowest BCUT2D eigenvalue weighted by atomic mass is 10.1. The lowest BCUT2D eigenvalue weighted by molar-refractivity contribution is 0.282.